The third-order valence-electron chi connectivity index (χ3n) is 4.07. The Hall–Kier alpha value is -1.88. The number of rotatable bonds is 2. The Balaban J connectivity index is 2.37. The van der Waals surface area contributed by atoms with Crippen molar-refractivity contribution < 1.29 is 0 Å². The van der Waals surface area contributed by atoms with Crippen LogP contribution in [0.1, 0.15) is 48.6 Å². The molecule has 0 amide bonds. The summed E-state index contributed by atoms with van der Waals surface area (Å²) in [6.07, 6.45) is 3.83. The fourth-order valence-electron chi connectivity index (χ4n) is 3.15. The van der Waals surface area contributed by atoms with Crippen LogP contribution in [0.4, 0.5) is 0 Å². The smallest absolute Gasteiger partial charge is 0.0743 e. The van der Waals surface area contributed by atoms with Gasteiger partial charge in [0.2, 0.25) is 0 Å². The highest BCUT2D eigenvalue weighted by Crippen LogP contribution is 2.33. The molecule has 0 unspecified atom stereocenters. The maximum atomic E-state index is 9.12. The molecule has 0 aliphatic heterocycles. The van der Waals surface area contributed by atoms with Gasteiger partial charge in [0.05, 0.1) is 18.0 Å². The van der Waals surface area contributed by atoms with E-state index in [2.05, 4.69) is 38.1 Å². The normalized spacial score (nSPS) is 13.8. The first-order valence-corrected chi connectivity index (χ1v) is 7.02. The summed E-state index contributed by atoms with van der Waals surface area (Å²) in [7, 11) is 0. The lowest BCUT2D eigenvalue weighted by molar-refractivity contribution is 0.869. The first kappa shape index (κ1) is 12.2. The molecule has 0 fully saturated rings. The molecule has 0 radical (unpaired) electrons. The Bertz CT molecular complexity index is 678. The number of aromatic nitrogens is 1. The number of hydrogen-bond donors (Lipinski definition) is 0. The van der Waals surface area contributed by atoms with Crippen LogP contribution < -0.4 is 0 Å². The van der Waals surface area contributed by atoms with Crippen LogP contribution in [0.15, 0.2) is 18.2 Å². The average molecular weight is 250 g/mol. The van der Waals surface area contributed by atoms with Gasteiger partial charge in [0.15, 0.2) is 0 Å². The number of hydrogen-bond acceptors (Lipinski definition) is 2. The molecule has 0 saturated heterocycles. The number of para-hydroxylation sites is 1. The second-order valence-electron chi connectivity index (χ2n) is 5.60. The molecule has 96 valence electrons. The lowest BCUT2D eigenvalue weighted by atomic mass is 9.93. The molecule has 2 aromatic rings. The van der Waals surface area contributed by atoms with Crippen molar-refractivity contribution in [3.05, 3.63) is 40.6 Å². The second kappa shape index (κ2) is 4.66. The lowest BCUT2D eigenvalue weighted by Gasteiger charge is -2.14. The molecular weight excluding hydrogens is 232 g/mol. The fourth-order valence-corrected chi connectivity index (χ4v) is 3.15. The van der Waals surface area contributed by atoms with Crippen LogP contribution >= 0.6 is 0 Å². The van der Waals surface area contributed by atoms with Gasteiger partial charge in [-0.25, -0.2) is 0 Å². The van der Waals surface area contributed by atoms with Gasteiger partial charge >= 0.3 is 0 Å². The Morgan fingerprint density at radius 1 is 1.32 bits per heavy atom. The van der Waals surface area contributed by atoms with Crippen molar-refractivity contribution in [2.24, 2.45) is 0 Å². The van der Waals surface area contributed by atoms with E-state index in [4.69, 9.17) is 10.2 Å². The summed E-state index contributed by atoms with van der Waals surface area (Å²) in [6, 6.07) is 8.71. The SMILES string of the molecule is CC(C)c1cccc2c(CC#N)c3c(nc12)CCC3. The predicted octanol–water partition coefficient (Wildman–Crippen LogP) is 3.91. The van der Waals surface area contributed by atoms with Gasteiger partial charge in [-0.1, -0.05) is 32.0 Å². The minimum absolute atomic E-state index is 0.464. The molecule has 1 heterocycles. The van der Waals surface area contributed by atoms with Crippen LogP contribution in [-0.2, 0) is 19.3 Å². The van der Waals surface area contributed by atoms with Gasteiger partial charge < -0.3 is 0 Å². The van der Waals surface area contributed by atoms with Gasteiger partial charge in [0.1, 0.15) is 0 Å². The number of nitriles is 1. The molecule has 0 atom stereocenters. The van der Waals surface area contributed by atoms with Crippen LogP contribution in [0, 0.1) is 11.3 Å². The minimum atomic E-state index is 0.464. The highest BCUT2D eigenvalue weighted by atomic mass is 14.7. The van der Waals surface area contributed by atoms with E-state index in [0.717, 1.165) is 18.4 Å². The second-order valence-corrected chi connectivity index (χ2v) is 5.60. The molecule has 1 aliphatic rings. The highest BCUT2D eigenvalue weighted by molar-refractivity contribution is 5.87. The summed E-state index contributed by atoms with van der Waals surface area (Å²) in [4.78, 5) is 4.91. The highest BCUT2D eigenvalue weighted by Gasteiger charge is 2.20. The van der Waals surface area contributed by atoms with E-state index in [1.807, 2.05) is 0 Å². The lowest BCUT2D eigenvalue weighted by Crippen LogP contribution is -2.01. The van der Waals surface area contributed by atoms with Gasteiger partial charge in [-0.3, -0.25) is 4.98 Å². The van der Waals surface area contributed by atoms with Gasteiger partial charge in [-0.05, 0) is 41.9 Å². The molecule has 0 saturated carbocycles. The van der Waals surface area contributed by atoms with Crippen LogP contribution in [0.25, 0.3) is 10.9 Å². The standard InChI is InChI=1S/C17H18N2/c1-11(2)12-5-3-7-15-13(9-10-18)14-6-4-8-16(14)19-17(12)15/h3,5,7,11H,4,6,8-9H2,1-2H3. The first-order chi connectivity index (χ1) is 9.22. The molecule has 0 N–H and O–H groups in total. The number of nitrogens with zero attached hydrogens (tertiary/aromatic N) is 2. The number of aryl methyl sites for hydroxylation is 1. The zero-order valence-electron chi connectivity index (χ0n) is 11.5. The fraction of sp³-hybridized carbons (Fsp3) is 0.412. The van der Waals surface area contributed by atoms with Gasteiger partial charge in [-0.15, -0.1) is 0 Å². The van der Waals surface area contributed by atoms with Crippen molar-refractivity contribution in [2.75, 3.05) is 0 Å². The van der Waals surface area contributed by atoms with Crippen molar-refractivity contribution in [3.63, 3.8) is 0 Å². The van der Waals surface area contributed by atoms with Crippen LogP contribution in [0.5, 0.6) is 0 Å². The zero-order valence-corrected chi connectivity index (χ0v) is 11.5. The van der Waals surface area contributed by atoms with E-state index >= 15 is 0 Å². The Labute approximate surface area is 114 Å². The third kappa shape index (κ3) is 1.90. The molecular formula is C17H18N2. The van der Waals surface area contributed by atoms with Crippen molar-refractivity contribution in [2.45, 2.75) is 45.4 Å². The monoisotopic (exact) mass is 250 g/mol. The molecule has 3 rings (SSSR count). The van der Waals surface area contributed by atoms with E-state index in [1.54, 1.807) is 0 Å². The zero-order chi connectivity index (χ0) is 13.4. The van der Waals surface area contributed by atoms with Gasteiger partial charge in [-0.2, -0.15) is 5.26 Å². The Kier molecular flexibility index (Phi) is 2.98. The molecule has 0 bridgehead atoms. The van der Waals surface area contributed by atoms with E-state index < -0.39 is 0 Å². The Morgan fingerprint density at radius 3 is 2.89 bits per heavy atom. The maximum Gasteiger partial charge on any atom is 0.0743 e. The van der Waals surface area contributed by atoms with Crippen molar-refractivity contribution in [3.8, 4) is 6.07 Å². The summed E-state index contributed by atoms with van der Waals surface area (Å²) < 4.78 is 0. The van der Waals surface area contributed by atoms with Gasteiger partial charge in [0, 0.05) is 11.1 Å². The van der Waals surface area contributed by atoms with E-state index in [9.17, 15) is 0 Å². The van der Waals surface area contributed by atoms with Crippen LogP contribution in [-0.4, -0.2) is 4.98 Å². The quantitative estimate of drug-likeness (QED) is 0.810. The summed E-state index contributed by atoms with van der Waals surface area (Å²) in [5, 5.41) is 10.3. The molecule has 1 aliphatic carbocycles. The third-order valence-corrected chi connectivity index (χ3v) is 4.07. The number of benzene rings is 1. The van der Waals surface area contributed by atoms with E-state index in [-0.39, 0.29) is 0 Å². The van der Waals surface area contributed by atoms with Crippen molar-refractivity contribution in [1.82, 2.24) is 4.98 Å². The first-order valence-electron chi connectivity index (χ1n) is 7.02. The van der Waals surface area contributed by atoms with E-state index in [1.165, 1.54) is 34.2 Å². The molecule has 2 heteroatoms. The number of pyridine rings is 1. The summed E-state index contributed by atoms with van der Waals surface area (Å²) in [5.74, 6) is 0.464. The topological polar surface area (TPSA) is 36.7 Å². The molecule has 2 nitrogen and oxygen atoms in total. The largest absolute Gasteiger partial charge is 0.252 e. The van der Waals surface area contributed by atoms with Gasteiger partial charge in [0.25, 0.3) is 0 Å². The summed E-state index contributed by atoms with van der Waals surface area (Å²) in [5.41, 5.74) is 6.21. The minimum Gasteiger partial charge on any atom is -0.252 e. The summed E-state index contributed by atoms with van der Waals surface area (Å²) in [6.45, 7) is 4.40. The maximum absolute atomic E-state index is 9.12. The van der Waals surface area contributed by atoms with Crippen LogP contribution in [0.3, 0.4) is 0 Å². The molecule has 0 spiro atoms. The predicted molar refractivity (Wildman–Crippen MR) is 77.2 cm³/mol. The molecule has 1 aromatic heterocycles. The Morgan fingerprint density at radius 2 is 2.16 bits per heavy atom. The van der Waals surface area contributed by atoms with Crippen molar-refractivity contribution in [1.29, 1.82) is 5.26 Å². The molecule has 1 aromatic carbocycles. The summed E-state index contributed by atoms with van der Waals surface area (Å²) >= 11 is 0. The van der Waals surface area contributed by atoms with Crippen molar-refractivity contribution >= 4 is 10.9 Å². The van der Waals surface area contributed by atoms with Crippen LogP contribution in [0.2, 0.25) is 0 Å². The molecule has 19 heavy (non-hydrogen) atoms. The number of fused-ring (bicyclic) bond motifs is 2. The average Bonchev–Trinajstić information content (AvgIpc) is 2.86. The van der Waals surface area contributed by atoms with E-state index in [0.29, 0.717) is 12.3 Å².